The Morgan fingerprint density at radius 1 is 1.10 bits per heavy atom. The number of hydrogen-bond donors (Lipinski definition) is 2. The summed E-state index contributed by atoms with van der Waals surface area (Å²) in [5.41, 5.74) is 2.25. The summed E-state index contributed by atoms with van der Waals surface area (Å²) in [4.78, 5) is 24.5. The second kappa shape index (κ2) is 9.94. The molecular formula is C22H22Cl2N2O5. The molecule has 2 aromatic rings. The second-order valence-corrected chi connectivity index (χ2v) is 7.55. The van der Waals surface area contributed by atoms with Crippen molar-refractivity contribution in [3.8, 4) is 11.5 Å². The van der Waals surface area contributed by atoms with Gasteiger partial charge in [0, 0.05) is 5.70 Å². The number of benzene rings is 2. The van der Waals surface area contributed by atoms with E-state index >= 15 is 0 Å². The van der Waals surface area contributed by atoms with Crippen LogP contribution >= 0.6 is 23.2 Å². The van der Waals surface area contributed by atoms with Crippen molar-refractivity contribution in [1.29, 1.82) is 0 Å². The van der Waals surface area contributed by atoms with E-state index in [1.165, 1.54) is 7.11 Å². The lowest BCUT2D eigenvalue weighted by molar-refractivity contribution is -0.139. The minimum absolute atomic E-state index is 0.223. The van der Waals surface area contributed by atoms with Crippen LogP contribution in [0.25, 0.3) is 0 Å². The van der Waals surface area contributed by atoms with Crippen molar-refractivity contribution < 1.29 is 23.8 Å². The van der Waals surface area contributed by atoms with Gasteiger partial charge in [-0.15, -0.1) is 0 Å². The summed E-state index contributed by atoms with van der Waals surface area (Å²) in [6, 6.07) is 9.35. The van der Waals surface area contributed by atoms with Gasteiger partial charge in [0.1, 0.15) is 6.61 Å². The number of carbonyl (C=O) groups excluding carboxylic acids is 2. The molecule has 1 unspecified atom stereocenters. The zero-order chi connectivity index (χ0) is 22.5. The van der Waals surface area contributed by atoms with Crippen molar-refractivity contribution in [3.63, 3.8) is 0 Å². The predicted octanol–water partition coefficient (Wildman–Crippen LogP) is 4.77. The normalized spacial score (nSPS) is 15.8. The molecule has 0 radical (unpaired) electrons. The largest absolute Gasteiger partial charge is 0.493 e. The van der Waals surface area contributed by atoms with E-state index in [9.17, 15) is 9.59 Å². The summed E-state index contributed by atoms with van der Waals surface area (Å²) in [7, 11) is 1.51. The first-order chi connectivity index (χ1) is 14.8. The second-order valence-electron chi connectivity index (χ2n) is 6.74. The maximum Gasteiger partial charge on any atom is 0.338 e. The summed E-state index contributed by atoms with van der Waals surface area (Å²) in [6.07, 6.45) is 0. The van der Waals surface area contributed by atoms with Gasteiger partial charge in [-0.25, -0.2) is 9.59 Å². The number of carbonyl (C=O) groups is 2. The molecule has 0 saturated carbocycles. The van der Waals surface area contributed by atoms with Crippen LogP contribution in [0.5, 0.6) is 11.5 Å². The lowest BCUT2D eigenvalue weighted by atomic mass is 9.95. The molecule has 0 bridgehead atoms. The van der Waals surface area contributed by atoms with Gasteiger partial charge in [-0.2, -0.15) is 0 Å². The van der Waals surface area contributed by atoms with Gasteiger partial charge in [0.25, 0.3) is 0 Å². The van der Waals surface area contributed by atoms with Gasteiger partial charge in [0.05, 0.1) is 35.4 Å². The van der Waals surface area contributed by atoms with Crippen molar-refractivity contribution in [3.05, 3.63) is 68.8 Å². The number of rotatable bonds is 7. The van der Waals surface area contributed by atoms with Crippen LogP contribution in [0.1, 0.15) is 31.0 Å². The van der Waals surface area contributed by atoms with E-state index in [1.807, 2.05) is 6.07 Å². The van der Waals surface area contributed by atoms with E-state index in [2.05, 4.69) is 10.6 Å². The van der Waals surface area contributed by atoms with Crippen LogP contribution in [0.3, 0.4) is 0 Å². The number of nitrogens with one attached hydrogen (secondary N) is 2. The van der Waals surface area contributed by atoms with Crippen molar-refractivity contribution in [2.45, 2.75) is 26.5 Å². The molecule has 0 saturated heterocycles. The Hall–Kier alpha value is -2.90. The summed E-state index contributed by atoms with van der Waals surface area (Å²) in [5, 5.41) is 6.28. The molecule has 0 aliphatic carbocycles. The van der Waals surface area contributed by atoms with Crippen LogP contribution in [0.2, 0.25) is 10.0 Å². The molecule has 164 valence electrons. The van der Waals surface area contributed by atoms with Gasteiger partial charge in [0.15, 0.2) is 11.5 Å². The lowest BCUT2D eigenvalue weighted by Gasteiger charge is -2.28. The van der Waals surface area contributed by atoms with Gasteiger partial charge < -0.3 is 24.8 Å². The van der Waals surface area contributed by atoms with Crippen LogP contribution in [0.15, 0.2) is 47.7 Å². The zero-order valence-electron chi connectivity index (χ0n) is 17.3. The molecule has 2 aromatic carbocycles. The maximum atomic E-state index is 12.5. The molecule has 2 N–H and O–H groups in total. The van der Waals surface area contributed by atoms with E-state index in [4.69, 9.17) is 37.4 Å². The Morgan fingerprint density at radius 3 is 2.55 bits per heavy atom. The standard InChI is InChI=1S/C22H22Cl2N2O5/c1-4-30-21(27)19-12(2)25-22(28)26-20(19)14-6-8-17(18(10-14)29-3)31-11-13-5-7-15(23)16(24)9-13/h5-10,20H,4,11H2,1-3H3,(H2,25,26,28). The van der Waals surface area contributed by atoms with Crippen molar-refractivity contribution >= 4 is 35.2 Å². The minimum Gasteiger partial charge on any atom is -0.493 e. The van der Waals surface area contributed by atoms with Gasteiger partial charge in [-0.05, 0) is 49.2 Å². The SMILES string of the molecule is CCOC(=O)C1=C(C)NC(=O)NC1c1ccc(OCc2ccc(Cl)c(Cl)c2)c(OC)c1. The fraction of sp³-hybridized carbons (Fsp3) is 0.273. The molecule has 3 rings (SSSR count). The average molecular weight is 465 g/mol. The monoisotopic (exact) mass is 464 g/mol. The molecule has 1 atom stereocenters. The lowest BCUT2D eigenvalue weighted by Crippen LogP contribution is -2.45. The van der Waals surface area contributed by atoms with Crippen molar-refractivity contribution in [2.24, 2.45) is 0 Å². The Labute approximate surface area is 190 Å². The third-order valence-electron chi connectivity index (χ3n) is 4.66. The molecule has 0 fully saturated rings. The fourth-order valence-electron chi connectivity index (χ4n) is 3.20. The van der Waals surface area contributed by atoms with Crippen LogP contribution in [0.4, 0.5) is 4.79 Å². The third kappa shape index (κ3) is 5.24. The van der Waals surface area contributed by atoms with E-state index in [0.717, 1.165) is 5.56 Å². The van der Waals surface area contributed by atoms with Crippen LogP contribution < -0.4 is 20.1 Å². The van der Waals surface area contributed by atoms with Gasteiger partial charge in [-0.3, -0.25) is 0 Å². The van der Waals surface area contributed by atoms with Crippen LogP contribution in [-0.2, 0) is 16.1 Å². The number of allylic oxidation sites excluding steroid dienone is 1. The minimum atomic E-state index is -0.689. The van der Waals surface area contributed by atoms with E-state index in [0.29, 0.717) is 38.4 Å². The number of hydrogen-bond acceptors (Lipinski definition) is 5. The van der Waals surface area contributed by atoms with Gasteiger partial charge in [-0.1, -0.05) is 35.3 Å². The highest BCUT2D eigenvalue weighted by Gasteiger charge is 2.32. The smallest absolute Gasteiger partial charge is 0.338 e. The molecule has 1 heterocycles. The molecule has 2 amide bonds. The predicted molar refractivity (Wildman–Crippen MR) is 118 cm³/mol. The first kappa shape index (κ1) is 22.8. The van der Waals surface area contributed by atoms with E-state index in [-0.39, 0.29) is 13.2 Å². The molecule has 31 heavy (non-hydrogen) atoms. The highest BCUT2D eigenvalue weighted by atomic mass is 35.5. The Morgan fingerprint density at radius 2 is 1.87 bits per heavy atom. The van der Waals surface area contributed by atoms with E-state index < -0.39 is 18.0 Å². The number of amides is 2. The fourth-order valence-corrected chi connectivity index (χ4v) is 3.52. The summed E-state index contributed by atoms with van der Waals surface area (Å²) >= 11 is 12.0. The third-order valence-corrected chi connectivity index (χ3v) is 5.40. The Kier molecular flexibility index (Phi) is 7.30. The quantitative estimate of drug-likeness (QED) is 0.576. The van der Waals surface area contributed by atoms with Gasteiger partial charge >= 0.3 is 12.0 Å². The highest BCUT2D eigenvalue weighted by molar-refractivity contribution is 6.42. The summed E-state index contributed by atoms with van der Waals surface area (Å²) < 4.78 is 16.5. The molecule has 0 spiro atoms. The number of halogens is 2. The molecule has 1 aliphatic rings. The maximum absolute atomic E-state index is 12.5. The number of methoxy groups -OCH3 is 1. The molecule has 9 heteroatoms. The van der Waals surface area contributed by atoms with E-state index in [1.54, 1.807) is 44.2 Å². The van der Waals surface area contributed by atoms with Crippen LogP contribution in [-0.4, -0.2) is 25.7 Å². The first-order valence-electron chi connectivity index (χ1n) is 9.54. The molecule has 7 nitrogen and oxygen atoms in total. The number of ether oxygens (including phenoxy) is 3. The topological polar surface area (TPSA) is 85.9 Å². The van der Waals surface area contributed by atoms with Crippen molar-refractivity contribution in [2.75, 3.05) is 13.7 Å². The van der Waals surface area contributed by atoms with Gasteiger partial charge in [0.2, 0.25) is 0 Å². The molecule has 0 aromatic heterocycles. The van der Waals surface area contributed by atoms with Crippen LogP contribution in [0, 0.1) is 0 Å². The molecular weight excluding hydrogens is 443 g/mol. The summed E-state index contributed by atoms with van der Waals surface area (Å²) in [6.45, 7) is 3.86. The molecule has 1 aliphatic heterocycles. The zero-order valence-corrected chi connectivity index (χ0v) is 18.8. The highest BCUT2D eigenvalue weighted by Crippen LogP contribution is 2.35. The number of esters is 1. The summed E-state index contributed by atoms with van der Waals surface area (Å²) in [5.74, 6) is 0.443. The first-order valence-corrected chi connectivity index (χ1v) is 10.3. The Balaban J connectivity index is 1.87. The number of urea groups is 1. The Bertz CT molecular complexity index is 1040. The average Bonchev–Trinajstić information content (AvgIpc) is 2.74. The van der Waals surface area contributed by atoms with Crippen molar-refractivity contribution in [1.82, 2.24) is 10.6 Å².